The number of nitrogens with one attached hydrogen (secondary N) is 1. The fraction of sp³-hybridized carbons (Fsp3) is 0.214. The average Bonchev–Trinajstić information content (AvgIpc) is 2.78. The van der Waals surface area contributed by atoms with Gasteiger partial charge in [0, 0.05) is 17.9 Å². The number of halogens is 3. The van der Waals surface area contributed by atoms with Gasteiger partial charge < -0.3 is 15.6 Å². The Labute approximate surface area is 131 Å². The minimum absolute atomic E-state index is 0.0726. The summed E-state index contributed by atoms with van der Waals surface area (Å²) in [5.41, 5.74) is 6.93. The molecule has 0 spiro atoms. The van der Waals surface area contributed by atoms with Gasteiger partial charge in [-0.05, 0) is 32.0 Å². The summed E-state index contributed by atoms with van der Waals surface area (Å²) >= 11 is 11.4. The van der Waals surface area contributed by atoms with Crippen LogP contribution in [0.3, 0.4) is 0 Å². The number of benzene rings is 1. The van der Waals surface area contributed by atoms with Gasteiger partial charge in [-0.3, -0.25) is 4.79 Å². The number of carbonyl (C=O) groups excluding carboxylic acids is 1. The molecule has 0 radical (unpaired) electrons. The van der Waals surface area contributed by atoms with Gasteiger partial charge in [0.05, 0.1) is 15.7 Å². The Kier molecular flexibility index (Phi) is 4.44. The normalized spacial score (nSPS) is 11.0. The van der Waals surface area contributed by atoms with Crippen molar-refractivity contribution in [1.82, 2.24) is 4.57 Å². The quantitative estimate of drug-likeness (QED) is 0.822. The van der Waals surface area contributed by atoms with Crippen molar-refractivity contribution in [2.24, 2.45) is 0 Å². The van der Waals surface area contributed by atoms with Crippen LogP contribution in [0, 0.1) is 5.82 Å². The maximum Gasteiger partial charge on any atom is 0.272 e. The second-order valence-corrected chi connectivity index (χ2v) is 5.68. The summed E-state index contributed by atoms with van der Waals surface area (Å²) in [6.45, 7) is 3.86. The van der Waals surface area contributed by atoms with Crippen LogP contribution in [0.5, 0.6) is 0 Å². The Morgan fingerprint density at radius 1 is 1.29 bits per heavy atom. The molecule has 0 unspecified atom stereocenters. The van der Waals surface area contributed by atoms with E-state index in [-0.39, 0.29) is 22.0 Å². The van der Waals surface area contributed by atoms with E-state index in [4.69, 9.17) is 28.9 Å². The highest BCUT2D eigenvalue weighted by Crippen LogP contribution is 2.28. The van der Waals surface area contributed by atoms with E-state index < -0.39 is 5.82 Å². The van der Waals surface area contributed by atoms with Crippen LogP contribution in [-0.2, 0) is 0 Å². The molecule has 0 fully saturated rings. The van der Waals surface area contributed by atoms with Gasteiger partial charge in [0.25, 0.3) is 5.91 Å². The fourth-order valence-electron chi connectivity index (χ4n) is 1.93. The Morgan fingerprint density at radius 3 is 2.38 bits per heavy atom. The molecule has 3 N–H and O–H groups in total. The van der Waals surface area contributed by atoms with E-state index in [0.29, 0.717) is 17.1 Å². The molecule has 112 valence electrons. The summed E-state index contributed by atoms with van der Waals surface area (Å²) in [6.07, 6.45) is 1.68. The molecule has 2 aromatic rings. The van der Waals surface area contributed by atoms with E-state index in [1.165, 1.54) is 12.1 Å². The number of carbonyl (C=O) groups is 1. The lowest BCUT2D eigenvalue weighted by atomic mass is 10.3. The van der Waals surface area contributed by atoms with Crippen LogP contribution >= 0.6 is 23.2 Å². The molecule has 0 aliphatic heterocycles. The number of hydrogen-bond acceptors (Lipinski definition) is 2. The zero-order chi connectivity index (χ0) is 15.7. The summed E-state index contributed by atoms with van der Waals surface area (Å²) in [7, 11) is 0. The SMILES string of the molecule is CC(C)n1cc(N)cc1C(=O)Nc1cc(Cl)c(F)c(Cl)c1. The monoisotopic (exact) mass is 329 g/mol. The van der Waals surface area contributed by atoms with E-state index in [1.54, 1.807) is 16.8 Å². The van der Waals surface area contributed by atoms with Crippen LogP contribution < -0.4 is 11.1 Å². The third-order valence-electron chi connectivity index (χ3n) is 2.90. The number of hydrogen-bond donors (Lipinski definition) is 2. The Bertz CT molecular complexity index is 675. The van der Waals surface area contributed by atoms with Gasteiger partial charge in [0.2, 0.25) is 0 Å². The number of nitrogens with zero attached hydrogens (tertiary/aromatic N) is 1. The largest absolute Gasteiger partial charge is 0.397 e. The summed E-state index contributed by atoms with van der Waals surface area (Å²) in [5, 5.41) is 2.31. The molecule has 0 bridgehead atoms. The highest BCUT2D eigenvalue weighted by atomic mass is 35.5. The van der Waals surface area contributed by atoms with Gasteiger partial charge in [0.15, 0.2) is 5.82 Å². The molecule has 7 heteroatoms. The summed E-state index contributed by atoms with van der Waals surface area (Å²) in [6, 6.07) is 4.24. The number of anilines is 2. The van der Waals surface area contributed by atoms with Crippen LogP contribution in [-0.4, -0.2) is 10.5 Å². The second-order valence-electron chi connectivity index (χ2n) is 4.87. The van der Waals surface area contributed by atoms with Crippen molar-refractivity contribution in [2.45, 2.75) is 19.9 Å². The van der Waals surface area contributed by atoms with E-state index in [9.17, 15) is 9.18 Å². The maximum absolute atomic E-state index is 13.3. The predicted octanol–water partition coefficient (Wildman–Crippen LogP) is 4.35. The lowest BCUT2D eigenvalue weighted by Crippen LogP contribution is -2.17. The van der Waals surface area contributed by atoms with Gasteiger partial charge in [-0.25, -0.2) is 4.39 Å². The van der Waals surface area contributed by atoms with Crippen LogP contribution in [0.2, 0.25) is 10.0 Å². The minimum atomic E-state index is -0.717. The number of rotatable bonds is 3. The number of aromatic nitrogens is 1. The first kappa shape index (κ1) is 15.7. The molecule has 0 atom stereocenters. The highest BCUT2D eigenvalue weighted by molar-refractivity contribution is 6.35. The van der Waals surface area contributed by atoms with Crippen molar-refractivity contribution >= 4 is 40.5 Å². The van der Waals surface area contributed by atoms with Crippen molar-refractivity contribution in [2.75, 3.05) is 11.1 Å². The molecular formula is C14H14Cl2FN3O. The van der Waals surface area contributed by atoms with Crippen molar-refractivity contribution in [3.05, 3.63) is 46.0 Å². The molecule has 1 heterocycles. The minimum Gasteiger partial charge on any atom is -0.397 e. The zero-order valence-electron chi connectivity index (χ0n) is 11.5. The second kappa shape index (κ2) is 5.95. The Morgan fingerprint density at radius 2 is 1.86 bits per heavy atom. The van der Waals surface area contributed by atoms with Crippen LogP contribution in [0.4, 0.5) is 15.8 Å². The maximum atomic E-state index is 13.3. The Hall–Kier alpha value is -1.72. The van der Waals surface area contributed by atoms with E-state index in [2.05, 4.69) is 5.32 Å². The Balaban J connectivity index is 2.30. The highest BCUT2D eigenvalue weighted by Gasteiger charge is 2.16. The molecule has 21 heavy (non-hydrogen) atoms. The van der Waals surface area contributed by atoms with Crippen LogP contribution in [0.1, 0.15) is 30.4 Å². The molecule has 2 rings (SSSR count). The molecule has 1 amide bonds. The summed E-state index contributed by atoms with van der Waals surface area (Å²) < 4.78 is 15.1. The molecule has 0 aliphatic rings. The van der Waals surface area contributed by atoms with Gasteiger partial charge >= 0.3 is 0 Å². The van der Waals surface area contributed by atoms with Gasteiger partial charge in [0.1, 0.15) is 5.69 Å². The predicted molar refractivity (Wildman–Crippen MR) is 83.6 cm³/mol. The third kappa shape index (κ3) is 3.31. The third-order valence-corrected chi connectivity index (χ3v) is 3.45. The van der Waals surface area contributed by atoms with E-state index >= 15 is 0 Å². The number of amides is 1. The van der Waals surface area contributed by atoms with Crippen molar-refractivity contribution in [3.63, 3.8) is 0 Å². The van der Waals surface area contributed by atoms with Gasteiger partial charge in [-0.2, -0.15) is 0 Å². The molecular weight excluding hydrogens is 316 g/mol. The van der Waals surface area contributed by atoms with Gasteiger partial charge in [-0.1, -0.05) is 23.2 Å². The standard InChI is InChI=1S/C14H14Cl2FN3O/c1-7(2)20-6-8(18)3-12(20)14(21)19-9-4-10(15)13(17)11(16)5-9/h3-7H,18H2,1-2H3,(H,19,21). The number of nitrogen functional groups attached to an aromatic ring is 1. The smallest absolute Gasteiger partial charge is 0.272 e. The van der Waals surface area contributed by atoms with Crippen molar-refractivity contribution in [1.29, 1.82) is 0 Å². The van der Waals surface area contributed by atoms with Crippen molar-refractivity contribution < 1.29 is 9.18 Å². The first-order valence-corrected chi connectivity index (χ1v) is 6.98. The molecule has 4 nitrogen and oxygen atoms in total. The van der Waals surface area contributed by atoms with Crippen molar-refractivity contribution in [3.8, 4) is 0 Å². The topological polar surface area (TPSA) is 60.0 Å². The molecule has 0 saturated carbocycles. The summed E-state index contributed by atoms with van der Waals surface area (Å²) in [4.78, 5) is 12.3. The van der Waals surface area contributed by atoms with Crippen LogP contribution in [0.25, 0.3) is 0 Å². The molecule has 0 saturated heterocycles. The first-order chi connectivity index (χ1) is 9.79. The van der Waals surface area contributed by atoms with E-state index in [0.717, 1.165) is 0 Å². The molecule has 1 aromatic heterocycles. The number of nitrogens with two attached hydrogens (primary N) is 1. The lowest BCUT2D eigenvalue weighted by molar-refractivity contribution is 0.101. The molecule has 1 aromatic carbocycles. The zero-order valence-corrected chi connectivity index (χ0v) is 13.0. The van der Waals surface area contributed by atoms with Crippen LogP contribution in [0.15, 0.2) is 24.4 Å². The van der Waals surface area contributed by atoms with E-state index in [1.807, 2.05) is 13.8 Å². The molecule has 0 aliphatic carbocycles. The average molecular weight is 330 g/mol. The van der Waals surface area contributed by atoms with Gasteiger partial charge in [-0.15, -0.1) is 0 Å². The summed E-state index contributed by atoms with van der Waals surface area (Å²) in [5.74, 6) is -1.09. The first-order valence-electron chi connectivity index (χ1n) is 6.23. The lowest BCUT2D eigenvalue weighted by Gasteiger charge is -2.13. The fourth-order valence-corrected chi connectivity index (χ4v) is 2.42.